The number of hydrogen-bond donors (Lipinski definition) is 1. The second-order valence-corrected chi connectivity index (χ2v) is 9.69. The number of hydrogen-bond acceptors (Lipinski definition) is 5. The van der Waals surface area contributed by atoms with E-state index in [2.05, 4.69) is 17.5 Å². The summed E-state index contributed by atoms with van der Waals surface area (Å²) < 4.78 is 11.1. The van der Waals surface area contributed by atoms with Crippen LogP contribution in [-0.4, -0.2) is 42.8 Å². The minimum atomic E-state index is -0.477. The molecular formula is C27H35N3O3. The van der Waals surface area contributed by atoms with E-state index in [0.717, 1.165) is 48.1 Å². The molecule has 0 radical (unpaired) electrons. The molecule has 0 spiro atoms. The molecule has 0 atom stereocenters. The molecule has 176 valence electrons. The van der Waals surface area contributed by atoms with Gasteiger partial charge < -0.3 is 19.7 Å². The summed E-state index contributed by atoms with van der Waals surface area (Å²) in [6.07, 6.45) is 3.68. The zero-order chi connectivity index (χ0) is 24.0. The van der Waals surface area contributed by atoms with E-state index in [4.69, 9.17) is 14.7 Å². The van der Waals surface area contributed by atoms with Crippen LogP contribution in [0.3, 0.4) is 0 Å². The maximum atomic E-state index is 12.4. The molecule has 0 bridgehead atoms. The second-order valence-electron chi connectivity index (χ2n) is 9.69. The van der Waals surface area contributed by atoms with Crippen molar-refractivity contribution in [3.8, 4) is 22.9 Å². The first kappa shape index (κ1) is 24.6. The lowest BCUT2D eigenvalue weighted by molar-refractivity contribution is 0.0179. The van der Waals surface area contributed by atoms with E-state index in [1.807, 2.05) is 64.2 Å². The number of methoxy groups -OCH3 is 1. The summed E-state index contributed by atoms with van der Waals surface area (Å²) in [5.74, 6) is 0.859. The number of carbonyl (C=O) groups is 1. The lowest BCUT2D eigenvalue weighted by atomic mass is 9.90. The molecule has 0 aromatic heterocycles. The van der Waals surface area contributed by atoms with Gasteiger partial charge in [0.1, 0.15) is 11.4 Å². The van der Waals surface area contributed by atoms with Crippen LogP contribution in [0.2, 0.25) is 0 Å². The molecule has 6 heteroatoms. The quantitative estimate of drug-likeness (QED) is 0.630. The van der Waals surface area contributed by atoms with E-state index in [0.29, 0.717) is 18.2 Å². The summed E-state index contributed by atoms with van der Waals surface area (Å²) in [5.41, 5.74) is 3.45. The van der Waals surface area contributed by atoms with Gasteiger partial charge in [-0.25, -0.2) is 4.79 Å². The standard InChI is InChI=1S/C27H35N3O3/c1-27(2,3)33-26(31)30(4)24-13-11-23(12-14-24)29-18-22-16-21(10-15-25(22)32-5)20-8-6-19(17-28)7-9-20/h6-10,15-16,23-24,29H,11-14,18H2,1-5H3. The number of nitrogens with one attached hydrogen (secondary N) is 1. The fourth-order valence-electron chi connectivity index (χ4n) is 4.24. The molecule has 1 fully saturated rings. The molecule has 2 aromatic rings. The normalized spacial score (nSPS) is 18.3. The Hall–Kier alpha value is -3.04. The van der Waals surface area contributed by atoms with Crippen molar-refractivity contribution < 1.29 is 14.3 Å². The van der Waals surface area contributed by atoms with Crippen LogP contribution in [0, 0.1) is 11.3 Å². The smallest absolute Gasteiger partial charge is 0.410 e. The molecule has 33 heavy (non-hydrogen) atoms. The monoisotopic (exact) mass is 449 g/mol. The molecule has 2 aromatic carbocycles. The molecule has 1 N–H and O–H groups in total. The van der Waals surface area contributed by atoms with E-state index in [1.54, 1.807) is 12.0 Å². The fourth-order valence-corrected chi connectivity index (χ4v) is 4.24. The van der Waals surface area contributed by atoms with Gasteiger partial charge in [-0.15, -0.1) is 0 Å². The van der Waals surface area contributed by atoms with Gasteiger partial charge in [0.15, 0.2) is 0 Å². The van der Waals surface area contributed by atoms with Crippen LogP contribution in [-0.2, 0) is 11.3 Å². The van der Waals surface area contributed by atoms with E-state index >= 15 is 0 Å². The predicted molar refractivity (Wildman–Crippen MR) is 130 cm³/mol. The third kappa shape index (κ3) is 6.72. The maximum absolute atomic E-state index is 12.4. The number of amides is 1. The van der Waals surface area contributed by atoms with Crippen molar-refractivity contribution in [1.29, 1.82) is 5.26 Å². The van der Waals surface area contributed by atoms with Crippen molar-refractivity contribution in [2.24, 2.45) is 0 Å². The van der Waals surface area contributed by atoms with Gasteiger partial charge >= 0.3 is 6.09 Å². The van der Waals surface area contributed by atoms with Crippen LogP contribution in [0.4, 0.5) is 4.79 Å². The Kier molecular flexibility index (Phi) is 7.99. The van der Waals surface area contributed by atoms with Gasteiger partial charge in [-0.3, -0.25) is 0 Å². The summed E-state index contributed by atoms with van der Waals surface area (Å²) in [6.45, 7) is 6.39. The molecule has 0 unspecified atom stereocenters. The van der Waals surface area contributed by atoms with E-state index in [1.165, 1.54) is 0 Å². The highest BCUT2D eigenvalue weighted by Gasteiger charge is 2.29. The number of nitrogens with zero attached hydrogens (tertiary/aromatic N) is 2. The van der Waals surface area contributed by atoms with Crippen molar-refractivity contribution in [2.45, 2.75) is 70.7 Å². The Balaban J connectivity index is 1.58. The average Bonchev–Trinajstić information content (AvgIpc) is 2.81. The number of nitriles is 1. The number of ether oxygens (including phenoxy) is 2. The van der Waals surface area contributed by atoms with Crippen molar-refractivity contribution in [1.82, 2.24) is 10.2 Å². The van der Waals surface area contributed by atoms with Crippen molar-refractivity contribution in [3.05, 3.63) is 53.6 Å². The van der Waals surface area contributed by atoms with Gasteiger partial charge in [0, 0.05) is 31.2 Å². The highest BCUT2D eigenvalue weighted by molar-refractivity contribution is 5.68. The largest absolute Gasteiger partial charge is 0.496 e. The molecule has 3 rings (SSSR count). The Labute approximate surface area is 197 Å². The Morgan fingerprint density at radius 2 is 1.73 bits per heavy atom. The van der Waals surface area contributed by atoms with Gasteiger partial charge in [-0.05, 0) is 81.8 Å². The van der Waals surface area contributed by atoms with Crippen LogP contribution in [0.15, 0.2) is 42.5 Å². The van der Waals surface area contributed by atoms with Crippen molar-refractivity contribution in [3.63, 3.8) is 0 Å². The number of benzene rings is 2. The zero-order valence-corrected chi connectivity index (χ0v) is 20.4. The minimum absolute atomic E-state index is 0.215. The van der Waals surface area contributed by atoms with Crippen molar-refractivity contribution in [2.75, 3.05) is 14.2 Å². The van der Waals surface area contributed by atoms with Gasteiger partial charge in [-0.1, -0.05) is 18.2 Å². The Morgan fingerprint density at radius 1 is 1.09 bits per heavy atom. The first-order valence-electron chi connectivity index (χ1n) is 11.6. The molecule has 6 nitrogen and oxygen atoms in total. The molecule has 1 aliphatic rings. The number of rotatable bonds is 6. The third-order valence-corrected chi connectivity index (χ3v) is 6.13. The first-order chi connectivity index (χ1) is 15.7. The van der Waals surface area contributed by atoms with E-state index in [9.17, 15) is 4.79 Å². The molecule has 0 heterocycles. The summed E-state index contributed by atoms with van der Waals surface area (Å²) in [6, 6.07) is 16.6. The molecule has 1 amide bonds. The van der Waals surface area contributed by atoms with Gasteiger partial charge in [0.2, 0.25) is 0 Å². The van der Waals surface area contributed by atoms with Crippen LogP contribution in [0.5, 0.6) is 5.75 Å². The van der Waals surface area contributed by atoms with Gasteiger partial charge in [0.25, 0.3) is 0 Å². The topological polar surface area (TPSA) is 74.6 Å². The SMILES string of the molecule is COc1ccc(-c2ccc(C#N)cc2)cc1CNC1CCC(N(C)C(=O)OC(C)(C)C)CC1. The zero-order valence-electron chi connectivity index (χ0n) is 20.4. The van der Waals surface area contributed by atoms with Crippen molar-refractivity contribution >= 4 is 6.09 Å². The summed E-state index contributed by atoms with van der Waals surface area (Å²) in [7, 11) is 3.53. The Morgan fingerprint density at radius 3 is 2.30 bits per heavy atom. The molecule has 1 aliphatic carbocycles. The average molecular weight is 450 g/mol. The summed E-state index contributed by atoms with van der Waals surface area (Å²) >= 11 is 0. The summed E-state index contributed by atoms with van der Waals surface area (Å²) in [5, 5.41) is 12.7. The van der Waals surface area contributed by atoms with Crippen LogP contribution in [0.1, 0.15) is 57.6 Å². The van der Waals surface area contributed by atoms with E-state index < -0.39 is 5.60 Å². The predicted octanol–water partition coefficient (Wildman–Crippen LogP) is 5.50. The lowest BCUT2D eigenvalue weighted by Crippen LogP contribution is -2.44. The summed E-state index contributed by atoms with van der Waals surface area (Å²) in [4.78, 5) is 14.1. The van der Waals surface area contributed by atoms with Crippen LogP contribution >= 0.6 is 0 Å². The lowest BCUT2D eigenvalue weighted by Gasteiger charge is -2.36. The third-order valence-electron chi connectivity index (χ3n) is 6.13. The minimum Gasteiger partial charge on any atom is -0.496 e. The number of carbonyl (C=O) groups excluding carboxylic acids is 1. The molecule has 1 saturated carbocycles. The van der Waals surface area contributed by atoms with Gasteiger partial charge in [0.05, 0.1) is 18.7 Å². The first-order valence-corrected chi connectivity index (χ1v) is 11.6. The second kappa shape index (κ2) is 10.7. The highest BCUT2D eigenvalue weighted by atomic mass is 16.6. The Bertz CT molecular complexity index is 981. The maximum Gasteiger partial charge on any atom is 0.410 e. The van der Waals surface area contributed by atoms with Gasteiger partial charge in [-0.2, -0.15) is 5.26 Å². The van der Waals surface area contributed by atoms with Crippen LogP contribution < -0.4 is 10.1 Å². The molecule has 0 aliphatic heterocycles. The van der Waals surface area contributed by atoms with Crippen LogP contribution in [0.25, 0.3) is 11.1 Å². The highest BCUT2D eigenvalue weighted by Crippen LogP contribution is 2.28. The molecular weight excluding hydrogens is 414 g/mol. The molecule has 0 saturated heterocycles. The fraction of sp³-hybridized carbons (Fsp3) is 0.481. The van der Waals surface area contributed by atoms with E-state index in [-0.39, 0.29) is 12.1 Å².